The van der Waals surface area contributed by atoms with E-state index in [9.17, 15) is 4.79 Å². The third-order valence-electron chi connectivity index (χ3n) is 4.50. The maximum absolute atomic E-state index is 11.9. The third-order valence-corrected chi connectivity index (χ3v) is 4.50. The number of aryl methyl sites for hydroxylation is 1. The summed E-state index contributed by atoms with van der Waals surface area (Å²) >= 11 is 0. The molecule has 0 spiro atoms. The number of hydrogen-bond acceptors (Lipinski definition) is 5. The van der Waals surface area contributed by atoms with Crippen molar-refractivity contribution in [3.8, 4) is 0 Å². The maximum atomic E-state index is 11.9. The van der Waals surface area contributed by atoms with Gasteiger partial charge in [0.2, 0.25) is 5.76 Å². The van der Waals surface area contributed by atoms with Gasteiger partial charge in [0.25, 0.3) is 5.91 Å². The molecule has 0 aliphatic carbocycles. The van der Waals surface area contributed by atoms with E-state index in [1.807, 2.05) is 0 Å². The summed E-state index contributed by atoms with van der Waals surface area (Å²) in [6, 6.07) is 12.3. The first-order valence-electron chi connectivity index (χ1n) is 8.91. The summed E-state index contributed by atoms with van der Waals surface area (Å²) in [4.78, 5) is 16.8. The predicted molar refractivity (Wildman–Crippen MR) is 96.3 cm³/mol. The Bertz CT molecular complexity index is 663. The lowest BCUT2D eigenvalue weighted by Gasteiger charge is -2.34. The van der Waals surface area contributed by atoms with Crippen LogP contribution in [0.25, 0.3) is 0 Å². The Hall–Kier alpha value is -2.18. The average molecular weight is 342 g/mol. The highest BCUT2D eigenvalue weighted by molar-refractivity contribution is 5.91. The zero-order chi connectivity index (χ0) is 17.5. The van der Waals surface area contributed by atoms with Crippen molar-refractivity contribution >= 4 is 5.91 Å². The van der Waals surface area contributed by atoms with Gasteiger partial charge in [-0.3, -0.25) is 9.69 Å². The molecule has 0 saturated carbocycles. The fourth-order valence-electron chi connectivity index (χ4n) is 3.07. The number of piperazine rings is 1. The second-order valence-corrected chi connectivity index (χ2v) is 6.55. The molecule has 25 heavy (non-hydrogen) atoms. The van der Waals surface area contributed by atoms with Gasteiger partial charge in [0, 0.05) is 45.3 Å². The van der Waals surface area contributed by atoms with E-state index >= 15 is 0 Å². The third kappa shape index (κ3) is 5.41. The fraction of sp³-hybridized carbons (Fsp3) is 0.474. The van der Waals surface area contributed by atoms with Crippen molar-refractivity contribution in [2.75, 3.05) is 39.3 Å². The summed E-state index contributed by atoms with van der Waals surface area (Å²) < 4.78 is 4.96. The van der Waals surface area contributed by atoms with E-state index < -0.39 is 0 Å². The topological polar surface area (TPSA) is 61.6 Å². The zero-order valence-corrected chi connectivity index (χ0v) is 14.8. The molecule has 0 unspecified atom stereocenters. The maximum Gasteiger partial charge on any atom is 0.289 e. The van der Waals surface area contributed by atoms with Gasteiger partial charge in [-0.1, -0.05) is 35.5 Å². The zero-order valence-electron chi connectivity index (χ0n) is 14.8. The molecule has 1 amide bonds. The molecule has 1 aliphatic rings. The van der Waals surface area contributed by atoms with Crippen LogP contribution in [0.3, 0.4) is 0 Å². The van der Waals surface area contributed by atoms with Crippen molar-refractivity contribution < 1.29 is 9.32 Å². The highest BCUT2D eigenvalue weighted by atomic mass is 16.5. The minimum atomic E-state index is -0.187. The normalized spacial score (nSPS) is 16.0. The molecular formula is C19H26N4O2. The van der Waals surface area contributed by atoms with Crippen molar-refractivity contribution in [3.63, 3.8) is 0 Å². The van der Waals surface area contributed by atoms with E-state index in [2.05, 4.69) is 50.6 Å². The van der Waals surface area contributed by atoms with Crippen LogP contribution in [0.4, 0.5) is 0 Å². The van der Waals surface area contributed by atoms with Crippen LogP contribution >= 0.6 is 0 Å². The molecule has 1 N–H and O–H groups in total. The minimum absolute atomic E-state index is 0.187. The molecule has 0 bridgehead atoms. The lowest BCUT2D eigenvalue weighted by atomic mass is 10.2. The molecular weight excluding hydrogens is 316 g/mol. The van der Waals surface area contributed by atoms with Crippen molar-refractivity contribution in [1.29, 1.82) is 0 Å². The number of benzene rings is 1. The summed E-state index contributed by atoms with van der Waals surface area (Å²) in [6.45, 7) is 8.86. The number of amides is 1. The molecule has 6 nitrogen and oxygen atoms in total. The van der Waals surface area contributed by atoms with Crippen molar-refractivity contribution in [2.45, 2.75) is 19.9 Å². The summed E-state index contributed by atoms with van der Waals surface area (Å²) in [5.41, 5.74) is 2.10. The number of aromatic nitrogens is 1. The van der Waals surface area contributed by atoms with Gasteiger partial charge < -0.3 is 14.7 Å². The van der Waals surface area contributed by atoms with Crippen LogP contribution < -0.4 is 5.32 Å². The Morgan fingerprint density at radius 3 is 2.56 bits per heavy atom. The first-order valence-corrected chi connectivity index (χ1v) is 8.91. The van der Waals surface area contributed by atoms with Crippen LogP contribution in [-0.2, 0) is 6.54 Å². The number of carbonyl (C=O) groups is 1. The Morgan fingerprint density at radius 1 is 1.16 bits per heavy atom. The van der Waals surface area contributed by atoms with Gasteiger partial charge in [-0.05, 0) is 25.5 Å². The summed E-state index contributed by atoms with van der Waals surface area (Å²) in [5, 5.41) is 6.61. The molecule has 3 rings (SSSR count). The smallest absolute Gasteiger partial charge is 0.289 e. The molecule has 1 aliphatic heterocycles. The molecule has 2 heterocycles. The highest BCUT2D eigenvalue weighted by Gasteiger charge is 2.17. The van der Waals surface area contributed by atoms with Gasteiger partial charge in [0.05, 0.1) is 5.69 Å². The molecule has 2 aromatic rings. The van der Waals surface area contributed by atoms with E-state index in [1.165, 1.54) is 5.56 Å². The van der Waals surface area contributed by atoms with E-state index in [0.29, 0.717) is 6.54 Å². The number of nitrogens with one attached hydrogen (secondary N) is 1. The van der Waals surface area contributed by atoms with Gasteiger partial charge in [-0.25, -0.2) is 0 Å². The largest absolute Gasteiger partial charge is 0.351 e. The van der Waals surface area contributed by atoms with Gasteiger partial charge >= 0.3 is 0 Å². The van der Waals surface area contributed by atoms with Crippen LogP contribution in [0, 0.1) is 6.92 Å². The van der Waals surface area contributed by atoms with Crippen molar-refractivity contribution in [3.05, 3.63) is 53.4 Å². The van der Waals surface area contributed by atoms with Gasteiger partial charge in [0.1, 0.15) is 0 Å². The van der Waals surface area contributed by atoms with E-state index in [1.54, 1.807) is 13.0 Å². The average Bonchev–Trinajstić information content (AvgIpc) is 3.07. The monoisotopic (exact) mass is 342 g/mol. The minimum Gasteiger partial charge on any atom is -0.351 e. The first-order chi connectivity index (χ1) is 12.2. The van der Waals surface area contributed by atoms with Crippen LogP contribution in [0.2, 0.25) is 0 Å². The van der Waals surface area contributed by atoms with Crippen LogP contribution in [0.15, 0.2) is 40.9 Å². The summed E-state index contributed by atoms with van der Waals surface area (Å²) in [5.74, 6) is 0.0975. The lowest BCUT2D eigenvalue weighted by molar-refractivity contribution is 0.0910. The summed E-state index contributed by atoms with van der Waals surface area (Å²) in [6.07, 6.45) is 0.942. The standard InChI is InChI=1S/C19H26N4O2/c1-16-14-18(25-21-16)19(24)20-8-5-9-22-10-12-23(13-11-22)15-17-6-3-2-4-7-17/h2-4,6-7,14H,5,8-13,15H2,1H3,(H,20,24). The molecule has 1 saturated heterocycles. The van der Waals surface area contributed by atoms with Gasteiger partial charge in [0.15, 0.2) is 0 Å². The van der Waals surface area contributed by atoms with Crippen molar-refractivity contribution in [1.82, 2.24) is 20.3 Å². The van der Waals surface area contributed by atoms with Crippen LogP contribution in [0.5, 0.6) is 0 Å². The predicted octanol–water partition coefficient (Wildman–Crippen LogP) is 1.92. The molecule has 1 aromatic heterocycles. The van der Waals surface area contributed by atoms with Gasteiger partial charge in [-0.2, -0.15) is 0 Å². The van der Waals surface area contributed by atoms with Crippen molar-refractivity contribution in [2.24, 2.45) is 0 Å². The van der Waals surface area contributed by atoms with E-state index in [0.717, 1.165) is 51.4 Å². The lowest BCUT2D eigenvalue weighted by Crippen LogP contribution is -2.46. The van der Waals surface area contributed by atoms with Gasteiger partial charge in [-0.15, -0.1) is 0 Å². The molecule has 134 valence electrons. The number of nitrogens with zero attached hydrogens (tertiary/aromatic N) is 3. The Kier molecular flexibility index (Phi) is 6.19. The molecule has 0 atom stereocenters. The Labute approximate surface area is 148 Å². The molecule has 6 heteroatoms. The van der Waals surface area contributed by atoms with E-state index in [4.69, 9.17) is 4.52 Å². The van der Waals surface area contributed by atoms with Crippen LogP contribution in [-0.4, -0.2) is 60.1 Å². The fourth-order valence-corrected chi connectivity index (χ4v) is 3.07. The number of hydrogen-bond donors (Lipinski definition) is 1. The quantitative estimate of drug-likeness (QED) is 0.779. The SMILES string of the molecule is Cc1cc(C(=O)NCCCN2CCN(Cc3ccccc3)CC2)on1. The molecule has 1 fully saturated rings. The Balaban J connectivity index is 1.30. The molecule has 0 radical (unpaired) electrons. The van der Waals surface area contributed by atoms with E-state index in [-0.39, 0.29) is 11.7 Å². The van der Waals surface area contributed by atoms with Crippen LogP contribution in [0.1, 0.15) is 28.2 Å². The highest BCUT2D eigenvalue weighted by Crippen LogP contribution is 2.08. The second-order valence-electron chi connectivity index (χ2n) is 6.55. The first kappa shape index (κ1) is 17.6. The second kappa shape index (κ2) is 8.78. The number of carbonyl (C=O) groups excluding carboxylic acids is 1. The molecule has 1 aromatic carbocycles. The Morgan fingerprint density at radius 2 is 1.88 bits per heavy atom. The summed E-state index contributed by atoms with van der Waals surface area (Å²) in [7, 11) is 0. The number of rotatable bonds is 7.